The minimum absolute atomic E-state index is 0.140. The van der Waals surface area contributed by atoms with Gasteiger partial charge in [-0.25, -0.2) is 14.7 Å². The molecule has 0 bridgehead atoms. The summed E-state index contributed by atoms with van der Waals surface area (Å²) in [6.45, 7) is 4.86. The lowest BCUT2D eigenvalue weighted by Gasteiger charge is -2.24. The number of methoxy groups -OCH3 is 1. The molecular weight excluding hydrogens is 494 g/mol. The number of fused-ring (bicyclic) bond motifs is 2. The van der Waals surface area contributed by atoms with Crippen LogP contribution >= 0.6 is 11.3 Å². The molecule has 0 N–H and O–H groups in total. The lowest BCUT2D eigenvalue weighted by Crippen LogP contribution is -2.41. The summed E-state index contributed by atoms with van der Waals surface area (Å²) < 4.78 is 12.2. The van der Waals surface area contributed by atoms with Crippen molar-refractivity contribution in [3.05, 3.63) is 90.6 Å². The first-order valence-corrected chi connectivity index (χ1v) is 12.4. The van der Waals surface area contributed by atoms with E-state index in [1.54, 1.807) is 69.5 Å². The van der Waals surface area contributed by atoms with E-state index in [1.807, 2.05) is 0 Å². The Bertz CT molecular complexity index is 1680. The van der Waals surface area contributed by atoms with Crippen LogP contribution in [0.5, 0.6) is 5.75 Å². The minimum atomic E-state index is -0.828. The lowest BCUT2D eigenvalue weighted by molar-refractivity contribution is -0.139. The van der Waals surface area contributed by atoms with E-state index in [0.29, 0.717) is 33.1 Å². The SMILES string of the molecule is CCOC(=O)C1=C(C)N=c2sc(=C3C(=O)N(C(C)=O)c4ccccc43)c(=O)n2C1c1ccc(OC)cc1. The van der Waals surface area contributed by atoms with Crippen molar-refractivity contribution in [1.82, 2.24) is 4.57 Å². The molecule has 37 heavy (non-hydrogen) atoms. The van der Waals surface area contributed by atoms with Crippen LogP contribution in [0.1, 0.15) is 37.9 Å². The number of nitrogens with zero attached hydrogens (tertiary/aromatic N) is 3. The number of amides is 2. The Morgan fingerprint density at radius 3 is 2.43 bits per heavy atom. The maximum absolute atomic E-state index is 14.0. The van der Waals surface area contributed by atoms with E-state index in [1.165, 1.54) is 11.5 Å². The number of thiazole rings is 1. The van der Waals surface area contributed by atoms with E-state index >= 15 is 0 Å². The van der Waals surface area contributed by atoms with Crippen molar-refractivity contribution in [2.45, 2.75) is 26.8 Å². The van der Waals surface area contributed by atoms with Gasteiger partial charge >= 0.3 is 5.97 Å². The molecule has 0 spiro atoms. The van der Waals surface area contributed by atoms with Gasteiger partial charge in [0.25, 0.3) is 11.5 Å². The van der Waals surface area contributed by atoms with Crippen LogP contribution in [0, 0.1) is 0 Å². The van der Waals surface area contributed by atoms with Crippen LogP contribution in [0.15, 0.2) is 69.6 Å². The highest BCUT2D eigenvalue weighted by Crippen LogP contribution is 2.36. The molecule has 1 aromatic heterocycles. The summed E-state index contributed by atoms with van der Waals surface area (Å²) in [5, 5.41) is 0. The van der Waals surface area contributed by atoms with Crippen LogP contribution < -0.4 is 24.5 Å². The molecule has 5 rings (SSSR count). The number of carbonyl (C=O) groups excluding carboxylic acids is 3. The van der Waals surface area contributed by atoms with Crippen LogP contribution in [0.25, 0.3) is 5.57 Å². The van der Waals surface area contributed by atoms with Crippen molar-refractivity contribution in [3.8, 4) is 5.75 Å². The molecule has 2 amide bonds. The Balaban J connectivity index is 1.82. The van der Waals surface area contributed by atoms with E-state index in [2.05, 4.69) is 4.99 Å². The Hall–Kier alpha value is -4.31. The van der Waals surface area contributed by atoms with Crippen LogP contribution in [0.2, 0.25) is 0 Å². The number of benzene rings is 2. The monoisotopic (exact) mass is 517 g/mol. The number of aromatic nitrogens is 1. The number of ether oxygens (including phenoxy) is 2. The van der Waals surface area contributed by atoms with E-state index in [-0.39, 0.29) is 22.3 Å². The quantitative estimate of drug-likeness (QED) is 0.491. The second-order valence-electron chi connectivity index (χ2n) is 8.45. The predicted molar refractivity (Wildman–Crippen MR) is 137 cm³/mol. The highest BCUT2D eigenvalue weighted by atomic mass is 32.1. The Morgan fingerprint density at radius 2 is 1.78 bits per heavy atom. The maximum Gasteiger partial charge on any atom is 0.338 e. The van der Waals surface area contributed by atoms with Crippen LogP contribution in [0.4, 0.5) is 5.69 Å². The third-order valence-corrected chi connectivity index (χ3v) is 7.35. The largest absolute Gasteiger partial charge is 0.497 e. The molecule has 3 aromatic rings. The van der Waals surface area contributed by atoms with Crippen molar-refractivity contribution in [2.24, 2.45) is 4.99 Å². The molecule has 1 atom stereocenters. The zero-order valence-electron chi connectivity index (χ0n) is 20.6. The fourth-order valence-corrected chi connectivity index (χ4v) is 5.83. The average Bonchev–Trinajstić information content (AvgIpc) is 3.35. The van der Waals surface area contributed by atoms with Gasteiger partial charge in [-0.05, 0) is 37.6 Å². The molecule has 10 heteroatoms. The molecule has 3 heterocycles. The van der Waals surface area contributed by atoms with Crippen LogP contribution in [-0.4, -0.2) is 36.1 Å². The van der Waals surface area contributed by atoms with Gasteiger partial charge in [-0.1, -0.05) is 41.7 Å². The van der Waals surface area contributed by atoms with Gasteiger partial charge in [0.1, 0.15) is 10.3 Å². The molecule has 0 saturated heterocycles. The number of esters is 1. The van der Waals surface area contributed by atoms with Crippen molar-refractivity contribution >= 4 is 40.4 Å². The van der Waals surface area contributed by atoms with E-state index in [4.69, 9.17) is 9.47 Å². The van der Waals surface area contributed by atoms with Crippen LogP contribution in [-0.2, 0) is 19.1 Å². The number of rotatable bonds is 4. The van der Waals surface area contributed by atoms with Crippen molar-refractivity contribution in [1.29, 1.82) is 0 Å². The number of para-hydroxylation sites is 1. The van der Waals surface area contributed by atoms with E-state index in [9.17, 15) is 19.2 Å². The molecule has 0 aliphatic carbocycles. The predicted octanol–water partition coefficient (Wildman–Crippen LogP) is 2.07. The maximum atomic E-state index is 14.0. The van der Waals surface area contributed by atoms with Crippen LogP contribution in [0.3, 0.4) is 0 Å². The summed E-state index contributed by atoms with van der Waals surface area (Å²) in [5.74, 6) is -0.972. The zero-order valence-corrected chi connectivity index (χ0v) is 21.4. The Morgan fingerprint density at radius 1 is 1.08 bits per heavy atom. The van der Waals surface area contributed by atoms with Gasteiger partial charge in [0, 0.05) is 12.5 Å². The van der Waals surface area contributed by atoms with E-state index in [0.717, 1.165) is 16.2 Å². The summed E-state index contributed by atoms with van der Waals surface area (Å²) in [6, 6.07) is 13.1. The summed E-state index contributed by atoms with van der Waals surface area (Å²) >= 11 is 1.05. The molecule has 2 aromatic carbocycles. The molecule has 2 aliphatic rings. The molecule has 0 saturated carbocycles. The number of anilines is 1. The summed E-state index contributed by atoms with van der Waals surface area (Å²) in [7, 11) is 1.55. The zero-order chi connectivity index (χ0) is 26.4. The smallest absolute Gasteiger partial charge is 0.338 e. The molecule has 188 valence electrons. The fourth-order valence-electron chi connectivity index (χ4n) is 4.69. The number of allylic oxidation sites excluding steroid dienone is 1. The first-order valence-electron chi connectivity index (χ1n) is 11.6. The van der Waals surface area contributed by atoms with Crippen molar-refractivity contribution in [2.75, 3.05) is 18.6 Å². The van der Waals surface area contributed by atoms with Gasteiger partial charge in [0.05, 0.1) is 42.3 Å². The molecule has 9 nitrogen and oxygen atoms in total. The second kappa shape index (κ2) is 9.29. The van der Waals surface area contributed by atoms with E-state index < -0.39 is 29.4 Å². The lowest BCUT2D eigenvalue weighted by atomic mass is 9.96. The molecule has 0 fully saturated rings. The first kappa shape index (κ1) is 24.4. The topological polar surface area (TPSA) is 107 Å². The molecule has 1 unspecified atom stereocenters. The number of hydrogen-bond acceptors (Lipinski definition) is 8. The third kappa shape index (κ3) is 3.80. The molecular formula is C27H23N3O6S. The van der Waals surface area contributed by atoms with Gasteiger partial charge in [-0.15, -0.1) is 0 Å². The average molecular weight is 518 g/mol. The van der Waals surface area contributed by atoms with Crippen molar-refractivity contribution in [3.63, 3.8) is 0 Å². The first-order chi connectivity index (χ1) is 17.8. The molecule has 0 radical (unpaired) electrons. The standard InChI is InChI=1S/C27H23N3O6S/c1-5-36-26(34)20-14(2)28-27-30(22(20)16-10-12-17(35-4)13-11-16)25(33)23(37-27)21-18-8-6-7-9-19(18)29(15(3)31)24(21)32/h6-13,22H,5H2,1-4H3. The number of hydrogen-bond donors (Lipinski definition) is 0. The van der Waals surface area contributed by atoms with Gasteiger partial charge in [-0.2, -0.15) is 0 Å². The highest BCUT2D eigenvalue weighted by molar-refractivity contribution is 7.07. The van der Waals surface area contributed by atoms with Crippen molar-refractivity contribution < 1.29 is 23.9 Å². The fraction of sp³-hybridized carbons (Fsp3) is 0.222. The Kier molecular flexibility index (Phi) is 6.12. The molecule has 2 aliphatic heterocycles. The summed E-state index contributed by atoms with van der Waals surface area (Å²) in [4.78, 5) is 58.8. The summed E-state index contributed by atoms with van der Waals surface area (Å²) in [6.07, 6.45) is 0. The second-order valence-corrected chi connectivity index (χ2v) is 9.43. The Labute approximate surface area is 215 Å². The highest BCUT2D eigenvalue weighted by Gasteiger charge is 2.38. The third-order valence-electron chi connectivity index (χ3n) is 6.30. The van der Waals surface area contributed by atoms with Gasteiger partial charge in [0.15, 0.2) is 4.80 Å². The van der Waals surface area contributed by atoms with Gasteiger partial charge < -0.3 is 9.47 Å². The number of imide groups is 1. The number of carbonyl (C=O) groups is 3. The van der Waals surface area contributed by atoms with Gasteiger partial charge in [0.2, 0.25) is 5.91 Å². The minimum Gasteiger partial charge on any atom is -0.497 e. The normalized spacial score (nSPS) is 17.8. The van der Waals surface area contributed by atoms with Gasteiger partial charge in [-0.3, -0.25) is 19.0 Å². The summed E-state index contributed by atoms with van der Waals surface area (Å²) in [5.41, 5.74) is 1.88.